The van der Waals surface area contributed by atoms with Gasteiger partial charge in [0.2, 0.25) is 0 Å². The fourth-order valence-electron chi connectivity index (χ4n) is 2.35. The van der Waals surface area contributed by atoms with Crippen molar-refractivity contribution >= 4 is 5.78 Å². The third kappa shape index (κ3) is 6.45. The van der Waals surface area contributed by atoms with Crippen LogP contribution in [0.1, 0.15) is 71.1 Å². The molecule has 1 aliphatic rings. The molecule has 0 bridgehead atoms. The van der Waals surface area contributed by atoms with Crippen LogP contribution in [0.2, 0.25) is 0 Å². The van der Waals surface area contributed by atoms with Gasteiger partial charge in [0.15, 0.2) is 5.78 Å². The summed E-state index contributed by atoms with van der Waals surface area (Å²) in [6.07, 6.45) is 17.9. The zero-order valence-electron chi connectivity index (χ0n) is 11.2. The first-order valence-corrected chi connectivity index (χ1v) is 7.19. The van der Waals surface area contributed by atoms with E-state index in [4.69, 9.17) is 0 Å². The summed E-state index contributed by atoms with van der Waals surface area (Å²) in [6, 6.07) is 0. The Morgan fingerprint density at radius 2 is 1.35 bits per heavy atom. The maximum Gasteiger partial charge on any atom is 0.158 e. The minimum atomic E-state index is 0.378. The average molecular weight is 234 g/mol. The molecule has 1 saturated carbocycles. The van der Waals surface area contributed by atoms with E-state index in [1.54, 1.807) is 0 Å². The number of hydrogen-bond donors (Lipinski definition) is 0. The first kappa shape index (κ1) is 14.2. The minimum absolute atomic E-state index is 0.378. The molecule has 1 heteroatoms. The van der Waals surface area contributed by atoms with Crippen LogP contribution in [-0.4, -0.2) is 5.78 Å². The molecule has 0 saturated heterocycles. The van der Waals surface area contributed by atoms with Crippen LogP contribution in [0.4, 0.5) is 0 Å². The maximum absolute atomic E-state index is 12.0. The van der Waals surface area contributed by atoms with Crippen LogP contribution in [0.25, 0.3) is 0 Å². The summed E-state index contributed by atoms with van der Waals surface area (Å²) in [6.45, 7) is 2.00. The number of ketones is 1. The van der Waals surface area contributed by atoms with Gasteiger partial charge in [-0.2, -0.15) is 0 Å². The normalized spacial score (nSPS) is 23.6. The molecular weight excluding hydrogens is 208 g/mol. The molecule has 17 heavy (non-hydrogen) atoms. The molecule has 1 aliphatic carbocycles. The van der Waals surface area contributed by atoms with Crippen molar-refractivity contribution < 1.29 is 4.79 Å². The van der Waals surface area contributed by atoms with Crippen molar-refractivity contribution in [3.05, 3.63) is 23.8 Å². The Kier molecular flexibility index (Phi) is 7.70. The van der Waals surface area contributed by atoms with Crippen molar-refractivity contribution in [3.63, 3.8) is 0 Å². The summed E-state index contributed by atoms with van der Waals surface area (Å²) in [5.74, 6) is 0.378. The van der Waals surface area contributed by atoms with Crippen LogP contribution in [0.5, 0.6) is 0 Å². The highest BCUT2D eigenvalue weighted by atomic mass is 16.1. The van der Waals surface area contributed by atoms with Crippen LogP contribution in [0, 0.1) is 0 Å². The standard InChI is InChI=1S/C16H26O/c1-2-3-12-15-13-10-8-6-4-5-7-9-11-14-16(15)17/h2-3,12H,4-11,13-14H2,1H3/b3-2-,15-12+. The molecule has 1 rings (SSSR count). The summed E-state index contributed by atoms with van der Waals surface area (Å²) >= 11 is 0. The summed E-state index contributed by atoms with van der Waals surface area (Å²) in [7, 11) is 0. The topological polar surface area (TPSA) is 17.1 Å². The Labute approximate surface area is 106 Å². The van der Waals surface area contributed by atoms with E-state index in [-0.39, 0.29) is 0 Å². The number of carbonyl (C=O) groups excluding carboxylic acids is 1. The molecule has 1 fully saturated rings. The Hall–Kier alpha value is -0.850. The fourth-order valence-corrected chi connectivity index (χ4v) is 2.35. The second kappa shape index (κ2) is 9.21. The van der Waals surface area contributed by atoms with Crippen LogP contribution >= 0.6 is 0 Å². The van der Waals surface area contributed by atoms with Crippen molar-refractivity contribution in [1.29, 1.82) is 0 Å². The lowest BCUT2D eigenvalue weighted by Gasteiger charge is -2.08. The Morgan fingerprint density at radius 3 is 1.94 bits per heavy atom. The molecule has 0 atom stereocenters. The second-order valence-corrected chi connectivity index (χ2v) is 4.97. The molecule has 0 radical (unpaired) electrons. The molecule has 96 valence electrons. The number of Topliss-reactive ketones (excluding diaryl/α,β-unsaturated/α-hetero) is 1. The van der Waals surface area contributed by atoms with Gasteiger partial charge >= 0.3 is 0 Å². The lowest BCUT2D eigenvalue weighted by Crippen LogP contribution is -2.03. The van der Waals surface area contributed by atoms with Crippen molar-refractivity contribution in [2.75, 3.05) is 0 Å². The van der Waals surface area contributed by atoms with Crippen LogP contribution < -0.4 is 0 Å². The molecule has 0 aromatic carbocycles. The monoisotopic (exact) mass is 234 g/mol. The first-order valence-electron chi connectivity index (χ1n) is 7.19. The van der Waals surface area contributed by atoms with Crippen LogP contribution in [0.15, 0.2) is 23.8 Å². The van der Waals surface area contributed by atoms with E-state index in [2.05, 4.69) is 0 Å². The SMILES string of the molecule is C/C=C\C=C1/CCCCCCCCCCC1=O. The lowest BCUT2D eigenvalue weighted by molar-refractivity contribution is -0.115. The van der Waals surface area contributed by atoms with E-state index in [1.807, 2.05) is 25.2 Å². The smallest absolute Gasteiger partial charge is 0.158 e. The van der Waals surface area contributed by atoms with E-state index >= 15 is 0 Å². The number of carbonyl (C=O) groups is 1. The summed E-state index contributed by atoms with van der Waals surface area (Å²) in [4.78, 5) is 12.0. The quantitative estimate of drug-likeness (QED) is 0.585. The predicted octanol–water partition coefficient (Wildman–Crippen LogP) is 4.97. The van der Waals surface area contributed by atoms with Gasteiger partial charge in [0.1, 0.15) is 0 Å². The van der Waals surface area contributed by atoms with Gasteiger partial charge in [-0.15, -0.1) is 0 Å². The average Bonchev–Trinajstić information content (AvgIpc) is 2.33. The molecule has 0 spiro atoms. The molecule has 0 amide bonds. The Morgan fingerprint density at radius 1 is 0.824 bits per heavy atom. The number of allylic oxidation sites excluding steroid dienone is 4. The first-order chi connectivity index (χ1) is 8.34. The van der Waals surface area contributed by atoms with E-state index < -0.39 is 0 Å². The summed E-state index contributed by atoms with van der Waals surface area (Å²) in [5.41, 5.74) is 1.05. The van der Waals surface area contributed by atoms with Crippen LogP contribution in [0.3, 0.4) is 0 Å². The van der Waals surface area contributed by atoms with Crippen molar-refractivity contribution in [2.24, 2.45) is 0 Å². The fraction of sp³-hybridized carbons (Fsp3) is 0.688. The van der Waals surface area contributed by atoms with Gasteiger partial charge in [0, 0.05) is 6.42 Å². The molecule has 0 unspecified atom stereocenters. The molecule has 0 aliphatic heterocycles. The highest BCUT2D eigenvalue weighted by Gasteiger charge is 2.09. The van der Waals surface area contributed by atoms with E-state index in [0.29, 0.717) is 5.78 Å². The molecule has 1 nitrogen and oxygen atoms in total. The molecule has 0 N–H and O–H groups in total. The van der Waals surface area contributed by atoms with Gasteiger partial charge in [-0.1, -0.05) is 56.8 Å². The van der Waals surface area contributed by atoms with E-state index in [9.17, 15) is 4.79 Å². The van der Waals surface area contributed by atoms with Crippen molar-refractivity contribution in [3.8, 4) is 0 Å². The van der Waals surface area contributed by atoms with Gasteiger partial charge in [-0.05, 0) is 31.8 Å². The lowest BCUT2D eigenvalue weighted by atomic mass is 9.96. The second-order valence-electron chi connectivity index (χ2n) is 4.97. The highest BCUT2D eigenvalue weighted by molar-refractivity contribution is 5.95. The summed E-state index contributed by atoms with van der Waals surface area (Å²) < 4.78 is 0. The summed E-state index contributed by atoms with van der Waals surface area (Å²) in [5, 5.41) is 0. The van der Waals surface area contributed by atoms with Gasteiger partial charge in [0.05, 0.1) is 0 Å². The van der Waals surface area contributed by atoms with Gasteiger partial charge in [-0.3, -0.25) is 4.79 Å². The third-order valence-corrected chi connectivity index (χ3v) is 3.45. The van der Waals surface area contributed by atoms with E-state index in [0.717, 1.165) is 24.8 Å². The van der Waals surface area contributed by atoms with Gasteiger partial charge < -0.3 is 0 Å². The zero-order chi connectivity index (χ0) is 12.3. The van der Waals surface area contributed by atoms with E-state index in [1.165, 1.54) is 44.9 Å². The Balaban J connectivity index is 2.54. The number of hydrogen-bond acceptors (Lipinski definition) is 1. The molecule has 0 heterocycles. The maximum atomic E-state index is 12.0. The predicted molar refractivity (Wildman–Crippen MR) is 74.1 cm³/mol. The van der Waals surface area contributed by atoms with Gasteiger partial charge in [0.25, 0.3) is 0 Å². The molecule has 0 aromatic heterocycles. The largest absolute Gasteiger partial charge is 0.295 e. The molecular formula is C16H26O. The number of rotatable bonds is 1. The minimum Gasteiger partial charge on any atom is -0.295 e. The van der Waals surface area contributed by atoms with Gasteiger partial charge in [-0.25, -0.2) is 0 Å². The van der Waals surface area contributed by atoms with Crippen molar-refractivity contribution in [2.45, 2.75) is 71.1 Å². The third-order valence-electron chi connectivity index (χ3n) is 3.45. The highest BCUT2D eigenvalue weighted by Crippen LogP contribution is 2.18. The molecule has 0 aromatic rings. The Bertz CT molecular complexity index is 273. The van der Waals surface area contributed by atoms with Crippen LogP contribution in [-0.2, 0) is 4.79 Å². The zero-order valence-corrected chi connectivity index (χ0v) is 11.2. The van der Waals surface area contributed by atoms with Crippen molar-refractivity contribution in [1.82, 2.24) is 0 Å².